The van der Waals surface area contributed by atoms with Gasteiger partial charge in [0.05, 0.1) is 4.91 Å². The Morgan fingerprint density at radius 2 is 2.12 bits per heavy atom. The minimum absolute atomic E-state index is 0.0705. The number of halogens is 1. The molecule has 1 aromatic carbocycles. The predicted octanol–water partition coefficient (Wildman–Crippen LogP) is 2.40. The van der Waals surface area contributed by atoms with Gasteiger partial charge in [-0.3, -0.25) is 19.3 Å². The van der Waals surface area contributed by atoms with E-state index in [0.29, 0.717) is 21.2 Å². The Morgan fingerprint density at radius 3 is 2.77 bits per heavy atom. The summed E-state index contributed by atoms with van der Waals surface area (Å²) in [6.07, 6.45) is 1.86. The first-order valence-corrected chi connectivity index (χ1v) is 9.04. The number of hydrogen-bond donors (Lipinski definition) is 2. The predicted molar refractivity (Wildman–Crippen MR) is 101 cm³/mol. The van der Waals surface area contributed by atoms with E-state index in [1.807, 2.05) is 0 Å². The maximum atomic E-state index is 13.7. The molecule has 1 saturated heterocycles. The molecule has 1 heterocycles. The molecule has 2 N–H and O–H groups in total. The first-order valence-electron chi connectivity index (χ1n) is 7.81. The van der Waals surface area contributed by atoms with E-state index < -0.39 is 23.7 Å². The second kappa shape index (κ2) is 8.91. The van der Waals surface area contributed by atoms with Crippen molar-refractivity contribution in [1.82, 2.24) is 10.2 Å². The van der Waals surface area contributed by atoms with Gasteiger partial charge in [-0.2, -0.15) is 0 Å². The van der Waals surface area contributed by atoms with E-state index in [4.69, 9.17) is 17.3 Å². The number of rotatable bonds is 7. The zero-order valence-corrected chi connectivity index (χ0v) is 15.5. The summed E-state index contributed by atoms with van der Waals surface area (Å²) in [4.78, 5) is 36.5. The van der Waals surface area contributed by atoms with E-state index in [0.717, 1.165) is 11.8 Å². The van der Waals surface area contributed by atoms with Crippen LogP contribution in [0.3, 0.4) is 0 Å². The van der Waals surface area contributed by atoms with E-state index in [1.165, 1.54) is 24.0 Å². The Labute approximate surface area is 159 Å². The summed E-state index contributed by atoms with van der Waals surface area (Å²) in [5, 5.41) is 11.1. The molecule has 1 aliphatic rings. The fourth-order valence-electron chi connectivity index (χ4n) is 2.20. The van der Waals surface area contributed by atoms with Gasteiger partial charge in [0.25, 0.3) is 5.91 Å². The first-order chi connectivity index (χ1) is 12.3. The lowest BCUT2D eigenvalue weighted by Crippen LogP contribution is -2.38. The third-order valence-electron chi connectivity index (χ3n) is 3.60. The van der Waals surface area contributed by atoms with Gasteiger partial charge in [0.2, 0.25) is 5.91 Å². The minimum atomic E-state index is -1.12. The van der Waals surface area contributed by atoms with Crippen LogP contribution in [0.1, 0.15) is 25.3 Å². The molecule has 0 aromatic heterocycles. The molecule has 2 rings (SSSR count). The Morgan fingerprint density at radius 1 is 1.42 bits per heavy atom. The highest BCUT2D eigenvalue weighted by Crippen LogP contribution is 2.33. The molecule has 0 radical (unpaired) electrons. The van der Waals surface area contributed by atoms with E-state index in [9.17, 15) is 18.8 Å². The highest BCUT2D eigenvalue weighted by atomic mass is 32.2. The minimum Gasteiger partial charge on any atom is -0.480 e. The number of thiocarbonyl (C=S) groups is 1. The molecule has 1 unspecified atom stereocenters. The molecular formula is C17H17FN2O4S2. The maximum absolute atomic E-state index is 13.7. The molecular weight excluding hydrogens is 379 g/mol. The summed E-state index contributed by atoms with van der Waals surface area (Å²) in [5.41, 5.74) is 0.301. The average molecular weight is 396 g/mol. The fraction of sp³-hybridized carbons (Fsp3) is 0.294. The molecule has 0 saturated carbocycles. The first kappa shape index (κ1) is 20.1. The van der Waals surface area contributed by atoms with Gasteiger partial charge in [0.1, 0.15) is 16.2 Å². The number of hydrogen-bond acceptors (Lipinski definition) is 5. The van der Waals surface area contributed by atoms with Crippen molar-refractivity contribution in [3.63, 3.8) is 0 Å². The van der Waals surface area contributed by atoms with Crippen LogP contribution in [0.4, 0.5) is 4.39 Å². The third kappa shape index (κ3) is 5.12. The number of carbonyl (C=O) groups excluding carboxylic acids is 2. The number of amides is 2. The van der Waals surface area contributed by atoms with Crippen molar-refractivity contribution in [2.45, 2.75) is 25.8 Å². The summed E-state index contributed by atoms with van der Waals surface area (Å²) in [6.45, 7) is 1.60. The number of carbonyl (C=O) groups is 3. The van der Waals surface area contributed by atoms with Gasteiger partial charge in [-0.15, -0.1) is 0 Å². The van der Waals surface area contributed by atoms with E-state index in [1.54, 1.807) is 18.2 Å². The van der Waals surface area contributed by atoms with Crippen LogP contribution in [-0.2, 0) is 14.4 Å². The van der Waals surface area contributed by atoms with Crippen LogP contribution < -0.4 is 5.32 Å². The number of nitrogens with one attached hydrogen (secondary N) is 1. The number of thioether (sulfide) groups is 1. The number of carboxylic acid groups (broad SMARTS) is 1. The van der Waals surface area contributed by atoms with Crippen molar-refractivity contribution < 1.29 is 23.9 Å². The zero-order chi connectivity index (χ0) is 19.3. The Kier molecular flexibility index (Phi) is 6.87. The number of aliphatic carboxylic acids is 1. The molecule has 9 heteroatoms. The van der Waals surface area contributed by atoms with Crippen molar-refractivity contribution in [1.29, 1.82) is 0 Å². The van der Waals surface area contributed by atoms with E-state index >= 15 is 0 Å². The molecule has 2 amide bonds. The lowest BCUT2D eigenvalue weighted by atomic mass is 10.2. The SMILES string of the molecule is CC(NC(=O)CCCN1C(=O)/C(=C/c2ccccc2F)SC1=S)C(=O)O. The van der Waals surface area contributed by atoms with Gasteiger partial charge in [-0.1, -0.05) is 42.2 Å². The Hall–Kier alpha value is -2.26. The fourth-order valence-corrected chi connectivity index (χ4v) is 3.50. The normalized spacial score (nSPS) is 16.8. The topological polar surface area (TPSA) is 86.7 Å². The van der Waals surface area contributed by atoms with Gasteiger partial charge in [0.15, 0.2) is 0 Å². The summed E-state index contributed by atoms with van der Waals surface area (Å²) in [6, 6.07) is 5.14. The van der Waals surface area contributed by atoms with Crippen molar-refractivity contribution in [3.05, 3.63) is 40.6 Å². The summed E-state index contributed by atoms with van der Waals surface area (Å²) < 4.78 is 14.1. The van der Waals surface area contributed by atoms with Crippen molar-refractivity contribution in [2.24, 2.45) is 0 Å². The third-order valence-corrected chi connectivity index (χ3v) is 4.98. The quantitative estimate of drug-likeness (QED) is 0.544. The van der Waals surface area contributed by atoms with Crippen LogP contribution in [0.5, 0.6) is 0 Å². The molecule has 6 nitrogen and oxygen atoms in total. The summed E-state index contributed by atoms with van der Waals surface area (Å²) in [7, 11) is 0. The maximum Gasteiger partial charge on any atom is 0.325 e. The van der Waals surface area contributed by atoms with Gasteiger partial charge in [-0.05, 0) is 25.5 Å². The summed E-state index contributed by atoms with van der Waals surface area (Å²) in [5.74, 6) is -2.29. The van der Waals surface area contributed by atoms with Crippen molar-refractivity contribution >= 4 is 52.2 Å². The number of carboxylic acids is 1. The lowest BCUT2D eigenvalue weighted by Gasteiger charge is -2.14. The molecule has 1 fully saturated rings. The van der Waals surface area contributed by atoms with Crippen LogP contribution in [0.25, 0.3) is 6.08 Å². The van der Waals surface area contributed by atoms with Gasteiger partial charge in [-0.25, -0.2) is 4.39 Å². The molecule has 26 heavy (non-hydrogen) atoms. The van der Waals surface area contributed by atoms with Crippen molar-refractivity contribution in [3.8, 4) is 0 Å². The number of nitrogens with zero attached hydrogens (tertiary/aromatic N) is 1. The molecule has 138 valence electrons. The number of benzene rings is 1. The highest BCUT2D eigenvalue weighted by molar-refractivity contribution is 8.26. The highest BCUT2D eigenvalue weighted by Gasteiger charge is 2.31. The standard InChI is InChI=1S/C17H17FN2O4S2/c1-10(16(23)24)19-14(21)7-4-8-20-15(22)13(26-17(20)25)9-11-5-2-3-6-12(11)18/h2-3,5-6,9-10H,4,7-8H2,1H3,(H,19,21)(H,23,24)/b13-9-. The van der Waals surface area contributed by atoms with Crippen LogP contribution in [-0.4, -0.2) is 44.7 Å². The lowest BCUT2D eigenvalue weighted by molar-refractivity contribution is -0.141. The van der Waals surface area contributed by atoms with E-state index in [-0.39, 0.29) is 18.9 Å². The monoisotopic (exact) mass is 396 g/mol. The Balaban J connectivity index is 1.92. The largest absolute Gasteiger partial charge is 0.480 e. The summed E-state index contributed by atoms with van der Waals surface area (Å²) >= 11 is 6.26. The second-order valence-corrected chi connectivity index (χ2v) is 7.26. The van der Waals surface area contributed by atoms with Crippen LogP contribution in [0.2, 0.25) is 0 Å². The van der Waals surface area contributed by atoms with Crippen LogP contribution in [0.15, 0.2) is 29.2 Å². The van der Waals surface area contributed by atoms with Gasteiger partial charge in [0, 0.05) is 18.5 Å². The second-order valence-electron chi connectivity index (χ2n) is 5.59. The van der Waals surface area contributed by atoms with Crippen LogP contribution >= 0.6 is 24.0 Å². The molecule has 1 aliphatic heterocycles. The molecule has 1 atom stereocenters. The van der Waals surface area contributed by atoms with Crippen molar-refractivity contribution in [2.75, 3.05) is 6.54 Å². The molecule has 0 aliphatic carbocycles. The average Bonchev–Trinajstić information content (AvgIpc) is 2.84. The van der Waals surface area contributed by atoms with E-state index in [2.05, 4.69) is 5.32 Å². The zero-order valence-electron chi connectivity index (χ0n) is 13.9. The Bertz CT molecular complexity index is 782. The molecule has 0 bridgehead atoms. The smallest absolute Gasteiger partial charge is 0.325 e. The molecule has 0 spiro atoms. The molecule has 1 aromatic rings. The van der Waals surface area contributed by atoms with Gasteiger partial charge >= 0.3 is 5.97 Å². The van der Waals surface area contributed by atoms with Crippen LogP contribution in [0, 0.1) is 5.82 Å². The van der Waals surface area contributed by atoms with Gasteiger partial charge < -0.3 is 10.4 Å².